The zero-order valence-electron chi connectivity index (χ0n) is 11.6. The summed E-state index contributed by atoms with van der Waals surface area (Å²) in [5.74, 6) is -0.0197. The van der Waals surface area contributed by atoms with Gasteiger partial charge in [-0.2, -0.15) is 0 Å². The van der Waals surface area contributed by atoms with Crippen molar-refractivity contribution in [1.82, 2.24) is 0 Å². The van der Waals surface area contributed by atoms with Gasteiger partial charge in [-0.05, 0) is 71.3 Å². The Morgan fingerprint density at radius 3 is 2.57 bits per heavy atom. The number of hydrogen-bond acceptors (Lipinski definition) is 3. The minimum Gasteiger partial charge on any atom is -0.508 e. The van der Waals surface area contributed by atoms with Gasteiger partial charge in [-0.15, -0.1) is 0 Å². The monoisotopic (exact) mass is 396 g/mol. The van der Waals surface area contributed by atoms with E-state index >= 15 is 0 Å². The number of aryl methyl sites for hydroxylation is 1. The van der Waals surface area contributed by atoms with Crippen molar-refractivity contribution in [1.29, 1.82) is 0 Å². The van der Waals surface area contributed by atoms with Gasteiger partial charge in [-0.25, -0.2) is 0 Å². The highest BCUT2D eigenvalue weighted by molar-refractivity contribution is 14.1. The van der Waals surface area contributed by atoms with Crippen molar-refractivity contribution in [2.75, 3.05) is 5.32 Å². The third-order valence-corrected chi connectivity index (χ3v) is 4.33. The molecule has 0 saturated carbocycles. The Balaban J connectivity index is 1.98. The van der Waals surface area contributed by atoms with Crippen LogP contribution in [0.2, 0.25) is 0 Å². The van der Waals surface area contributed by atoms with E-state index in [2.05, 4.69) is 27.9 Å². The maximum absolute atomic E-state index is 12.1. The minimum absolute atomic E-state index is 0.200. The first-order valence-corrected chi connectivity index (χ1v) is 7.64. The Hall–Kier alpha value is -1.60. The standard InChI is InChI=1S/C16H17IN2O2/c1-10-2-5-12(9-14(10)17)19-16(21)15(18)8-11-3-6-13(20)7-4-11/h2-7,9,15,20H,8,18H2,1H3,(H,19,21)/t15-/m0/s1. The summed E-state index contributed by atoms with van der Waals surface area (Å²) in [6.45, 7) is 2.02. The first-order chi connectivity index (χ1) is 9.95. The quantitative estimate of drug-likeness (QED) is 0.696. The fourth-order valence-corrected chi connectivity index (χ4v) is 2.40. The number of hydrogen-bond donors (Lipinski definition) is 3. The van der Waals surface area contributed by atoms with Gasteiger partial charge in [0.15, 0.2) is 0 Å². The molecule has 21 heavy (non-hydrogen) atoms. The Bertz CT molecular complexity index is 641. The lowest BCUT2D eigenvalue weighted by molar-refractivity contribution is -0.117. The van der Waals surface area contributed by atoms with Gasteiger partial charge in [-0.1, -0.05) is 18.2 Å². The summed E-state index contributed by atoms with van der Waals surface area (Å²) < 4.78 is 1.09. The molecule has 2 aromatic carbocycles. The van der Waals surface area contributed by atoms with Crippen molar-refractivity contribution in [3.8, 4) is 5.75 Å². The van der Waals surface area contributed by atoms with Gasteiger partial charge in [0.25, 0.3) is 0 Å². The number of nitrogens with two attached hydrogens (primary N) is 1. The van der Waals surface area contributed by atoms with Gasteiger partial charge < -0.3 is 16.2 Å². The molecule has 4 nitrogen and oxygen atoms in total. The molecule has 2 rings (SSSR count). The summed E-state index contributed by atoms with van der Waals surface area (Å²) in [5.41, 5.74) is 8.75. The number of anilines is 1. The van der Waals surface area contributed by atoms with Gasteiger partial charge in [0, 0.05) is 9.26 Å². The van der Waals surface area contributed by atoms with E-state index in [-0.39, 0.29) is 11.7 Å². The van der Waals surface area contributed by atoms with Gasteiger partial charge in [0.1, 0.15) is 5.75 Å². The second-order valence-corrected chi connectivity index (χ2v) is 6.09. The first kappa shape index (κ1) is 15.8. The molecular weight excluding hydrogens is 379 g/mol. The van der Waals surface area contributed by atoms with Crippen LogP contribution in [0.5, 0.6) is 5.75 Å². The predicted molar refractivity (Wildman–Crippen MR) is 92.3 cm³/mol. The third kappa shape index (κ3) is 4.44. The molecule has 0 saturated heterocycles. The number of amides is 1. The molecule has 0 aliphatic carbocycles. The lowest BCUT2D eigenvalue weighted by Crippen LogP contribution is -2.37. The highest BCUT2D eigenvalue weighted by Crippen LogP contribution is 2.17. The molecule has 4 N–H and O–H groups in total. The second-order valence-electron chi connectivity index (χ2n) is 4.93. The van der Waals surface area contributed by atoms with Gasteiger partial charge in [-0.3, -0.25) is 4.79 Å². The number of phenolic OH excluding ortho intramolecular Hbond substituents is 1. The second kappa shape index (κ2) is 6.91. The SMILES string of the molecule is Cc1ccc(NC(=O)[C@@H](N)Cc2ccc(O)cc2)cc1I. The van der Waals surface area contributed by atoms with Crippen molar-refractivity contribution >= 4 is 34.2 Å². The average molecular weight is 396 g/mol. The van der Waals surface area contributed by atoms with E-state index in [1.54, 1.807) is 24.3 Å². The summed E-state index contributed by atoms with van der Waals surface area (Å²) in [6.07, 6.45) is 0.426. The molecule has 1 atom stereocenters. The number of benzene rings is 2. The first-order valence-electron chi connectivity index (χ1n) is 6.56. The van der Waals surface area contributed by atoms with Crippen LogP contribution in [0.4, 0.5) is 5.69 Å². The number of phenols is 1. The summed E-state index contributed by atoms with van der Waals surface area (Å²) in [6, 6.07) is 11.8. The number of aromatic hydroxyl groups is 1. The largest absolute Gasteiger partial charge is 0.508 e. The maximum Gasteiger partial charge on any atom is 0.241 e. The Kier molecular flexibility index (Phi) is 5.19. The van der Waals surface area contributed by atoms with Crippen molar-refractivity contribution < 1.29 is 9.90 Å². The number of halogens is 1. The van der Waals surface area contributed by atoms with Crippen molar-refractivity contribution in [3.05, 3.63) is 57.2 Å². The normalized spacial score (nSPS) is 12.0. The third-order valence-electron chi connectivity index (χ3n) is 3.17. The molecule has 0 radical (unpaired) electrons. The van der Waals surface area contributed by atoms with Crippen LogP contribution in [0.1, 0.15) is 11.1 Å². The molecule has 110 valence electrons. The Morgan fingerprint density at radius 1 is 1.29 bits per heavy atom. The molecule has 0 bridgehead atoms. The van der Waals surface area contributed by atoms with Gasteiger partial charge >= 0.3 is 0 Å². The molecule has 0 fully saturated rings. The van der Waals surface area contributed by atoms with Crippen LogP contribution in [0.15, 0.2) is 42.5 Å². The van der Waals surface area contributed by atoms with E-state index in [4.69, 9.17) is 5.73 Å². The van der Waals surface area contributed by atoms with E-state index in [0.29, 0.717) is 6.42 Å². The van der Waals surface area contributed by atoms with Crippen LogP contribution in [0.25, 0.3) is 0 Å². The van der Waals surface area contributed by atoms with Crippen LogP contribution in [-0.4, -0.2) is 17.1 Å². The molecule has 0 aromatic heterocycles. The molecule has 5 heteroatoms. The van der Waals surface area contributed by atoms with Crippen molar-refractivity contribution in [3.63, 3.8) is 0 Å². The lowest BCUT2D eigenvalue weighted by Gasteiger charge is -2.13. The Labute approximate surface area is 137 Å². The smallest absolute Gasteiger partial charge is 0.241 e. The number of rotatable bonds is 4. The van der Waals surface area contributed by atoms with E-state index in [1.807, 2.05) is 25.1 Å². The highest BCUT2D eigenvalue weighted by atomic mass is 127. The molecule has 0 unspecified atom stereocenters. The van der Waals surface area contributed by atoms with Gasteiger partial charge in [0.2, 0.25) is 5.91 Å². The lowest BCUT2D eigenvalue weighted by atomic mass is 10.1. The number of carbonyl (C=O) groups is 1. The van der Waals surface area contributed by atoms with Crippen molar-refractivity contribution in [2.24, 2.45) is 5.73 Å². The van der Waals surface area contributed by atoms with E-state index in [0.717, 1.165) is 14.8 Å². The van der Waals surface area contributed by atoms with E-state index < -0.39 is 6.04 Å². The van der Waals surface area contributed by atoms with Crippen LogP contribution < -0.4 is 11.1 Å². The number of carbonyl (C=O) groups excluding carboxylic acids is 1. The van der Waals surface area contributed by atoms with Crippen molar-refractivity contribution in [2.45, 2.75) is 19.4 Å². The summed E-state index contributed by atoms with van der Waals surface area (Å²) in [5, 5.41) is 12.1. The molecular formula is C16H17IN2O2. The minimum atomic E-state index is -0.631. The maximum atomic E-state index is 12.1. The summed E-state index contributed by atoms with van der Waals surface area (Å²) >= 11 is 2.23. The van der Waals surface area contributed by atoms with Gasteiger partial charge in [0.05, 0.1) is 6.04 Å². The van der Waals surface area contributed by atoms with Crippen LogP contribution in [-0.2, 0) is 11.2 Å². The fourth-order valence-electron chi connectivity index (χ4n) is 1.88. The molecule has 2 aromatic rings. The van der Waals surface area contributed by atoms with Crippen LogP contribution >= 0.6 is 22.6 Å². The van der Waals surface area contributed by atoms with E-state index in [9.17, 15) is 9.90 Å². The van der Waals surface area contributed by atoms with Crippen LogP contribution in [0.3, 0.4) is 0 Å². The molecule has 0 heterocycles. The summed E-state index contributed by atoms with van der Waals surface area (Å²) in [7, 11) is 0. The number of nitrogens with one attached hydrogen (secondary N) is 1. The fraction of sp³-hybridized carbons (Fsp3) is 0.188. The highest BCUT2D eigenvalue weighted by Gasteiger charge is 2.14. The molecule has 0 aliphatic heterocycles. The zero-order chi connectivity index (χ0) is 15.4. The molecule has 0 aliphatic rings. The predicted octanol–water partition coefficient (Wildman–Crippen LogP) is 2.81. The van der Waals surface area contributed by atoms with Crippen LogP contribution in [0, 0.1) is 10.5 Å². The topological polar surface area (TPSA) is 75.4 Å². The zero-order valence-corrected chi connectivity index (χ0v) is 13.8. The molecule has 0 spiro atoms. The summed E-state index contributed by atoms with van der Waals surface area (Å²) in [4.78, 5) is 12.1. The molecule has 1 amide bonds. The van der Waals surface area contributed by atoms with E-state index in [1.165, 1.54) is 5.56 Å². The Morgan fingerprint density at radius 2 is 1.95 bits per heavy atom. The average Bonchev–Trinajstić information content (AvgIpc) is 2.45.